The van der Waals surface area contributed by atoms with Crippen LogP contribution in [-0.2, 0) is 20.9 Å². The second kappa shape index (κ2) is 11.3. The Morgan fingerprint density at radius 1 is 1.20 bits per heavy atom. The third-order valence-electron chi connectivity index (χ3n) is 8.23. The summed E-state index contributed by atoms with van der Waals surface area (Å²) in [6.07, 6.45) is 11.7. The fourth-order valence-electron chi connectivity index (χ4n) is 6.01. The summed E-state index contributed by atoms with van der Waals surface area (Å²) in [6, 6.07) is 5.97. The number of anilines is 3. The van der Waals surface area contributed by atoms with E-state index in [9.17, 15) is 9.59 Å². The Morgan fingerprint density at radius 2 is 1.98 bits per heavy atom. The topological polar surface area (TPSA) is 113 Å². The Balaban J connectivity index is 1.38. The molecule has 1 aliphatic heterocycles. The van der Waals surface area contributed by atoms with Gasteiger partial charge in [0.05, 0.1) is 42.6 Å². The maximum absolute atomic E-state index is 13.3. The lowest BCUT2D eigenvalue weighted by molar-refractivity contribution is -0.126. The van der Waals surface area contributed by atoms with Crippen molar-refractivity contribution in [2.45, 2.75) is 59.0 Å². The Morgan fingerprint density at radius 3 is 2.67 bits per heavy atom. The number of rotatable bonds is 7. The molecular weight excluding hydrogens is 506 g/mol. The highest BCUT2D eigenvalue weighted by Gasteiger charge is 2.41. The Kier molecular flexibility index (Phi) is 7.78. The summed E-state index contributed by atoms with van der Waals surface area (Å²) in [5.74, 6) is 1.21. The lowest BCUT2D eigenvalue weighted by atomic mass is 9.86. The van der Waals surface area contributed by atoms with Crippen molar-refractivity contribution in [2.24, 2.45) is 17.3 Å². The van der Waals surface area contributed by atoms with Crippen LogP contribution in [0.25, 0.3) is 0 Å². The van der Waals surface area contributed by atoms with E-state index in [1.807, 2.05) is 51.1 Å². The summed E-state index contributed by atoms with van der Waals surface area (Å²) < 4.78 is 5.78. The highest BCUT2D eigenvalue weighted by atomic mass is 16.5. The first kappa shape index (κ1) is 27.6. The molecule has 0 spiro atoms. The van der Waals surface area contributed by atoms with E-state index in [2.05, 4.69) is 25.5 Å². The van der Waals surface area contributed by atoms with Crippen molar-refractivity contribution in [2.75, 3.05) is 35.8 Å². The van der Waals surface area contributed by atoms with Crippen LogP contribution in [0.4, 0.5) is 17.5 Å². The number of hydrogen-bond acceptors (Lipinski definition) is 8. The standard InChI is InChI=1S/C30H39N7O3/c1-19-22(27(38)32-16-20-10-8-9-15-31-20)13-14-23(25(19)40-5)34-29-33-17-24-26(35-29)37(21-11-6-7-12-21)18-30(2,3)28(39)36(24)4/h8-10,13-15,17,19,21-22H,6-7,11-12,16,18H2,1-5H3,(H,32,38)(H,33,34,35). The molecular formula is C30H39N7O3. The van der Waals surface area contributed by atoms with Gasteiger partial charge in [0.15, 0.2) is 5.82 Å². The molecule has 0 saturated heterocycles. The minimum Gasteiger partial charge on any atom is -0.499 e. The van der Waals surface area contributed by atoms with Gasteiger partial charge in [0.1, 0.15) is 11.4 Å². The zero-order chi connectivity index (χ0) is 28.4. The third kappa shape index (κ3) is 5.39. The first-order chi connectivity index (χ1) is 19.2. The molecule has 0 aromatic carbocycles. The first-order valence-corrected chi connectivity index (χ1v) is 14.0. The van der Waals surface area contributed by atoms with Crippen molar-refractivity contribution >= 4 is 29.3 Å². The van der Waals surface area contributed by atoms with Crippen molar-refractivity contribution in [3.8, 4) is 0 Å². The zero-order valence-corrected chi connectivity index (χ0v) is 24.0. The normalized spacial score (nSPS) is 22.7. The molecule has 212 valence electrons. The highest BCUT2D eigenvalue weighted by Crippen LogP contribution is 2.40. The number of ether oxygens (including phenoxy) is 1. The third-order valence-corrected chi connectivity index (χ3v) is 8.23. The molecule has 1 saturated carbocycles. The van der Waals surface area contributed by atoms with Crippen LogP contribution in [0.1, 0.15) is 52.1 Å². The van der Waals surface area contributed by atoms with Crippen LogP contribution in [-0.4, -0.2) is 53.5 Å². The van der Waals surface area contributed by atoms with Crippen LogP contribution >= 0.6 is 0 Å². The molecule has 40 heavy (non-hydrogen) atoms. The van der Waals surface area contributed by atoms with E-state index in [4.69, 9.17) is 9.72 Å². The van der Waals surface area contributed by atoms with Crippen LogP contribution < -0.4 is 20.4 Å². The second-order valence-electron chi connectivity index (χ2n) is 11.5. The second-order valence-corrected chi connectivity index (χ2v) is 11.5. The Hall–Kier alpha value is -3.95. The number of aromatic nitrogens is 3. The lowest BCUT2D eigenvalue weighted by Gasteiger charge is -2.34. The van der Waals surface area contributed by atoms with Gasteiger partial charge in [0, 0.05) is 31.7 Å². The molecule has 0 bridgehead atoms. The van der Waals surface area contributed by atoms with E-state index in [1.165, 1.54) is 12.8 Å². The number of carbonyl (C=O) groups is 2. The summed E-state index contributed by atoms with van der Waals surface area (Å²) in [4.78, 5) is 44.1. The summed E-state index contributed by atoms with van der Waals surface area (Å²) in [7, 11) is 3.41. The summed E-state index contributed by atoms with van der Waals surface area (Å²) in [5.41, 5.74) is 1.67. The molecule has 3 heterocycles. The number of amides is 2. The number of nitrogens with one attached hydrogen (secondary N) is 2. The van der Waals surface area contributed by atoms with Crippen molar-refractivity contribution < 1.29 is 14.3 Å². The van der Waals surface area contributed by atoms with Crippen molar-refractivity contribution in [1.82, 2.24) is 20.3 Å². The molecule has 2 aromatic rings. The number of methoxy groups -OCH3 is 1. The molecule has 2 unspecified atom stereocenters. The fraction of sp³-hybridized carbons (Fsp3) is 0.500. The van der Waals surface area contributed by atoms with Crippen molar-refractivity contribution in [3.05, 3.63) is 59.9 Å². The molecule has 2 atom stereocenters. The first-order valence-electron chi connectivity index (χ1n) is 14.0. The number of nitrogens with zero attached hydrogens (tertiary/aromatic N) is 5. The Bertz CT molecular complexity index is 1320. The molecule has 10 heteroatoms. The van der Waals surface area contributed by atoms with Crippen molar-refractivity contribution in [1.29, 1.82) is 0 Å². The van der Waals surface area contributed by atoms with Crippen LogP contribution in [0.2, 0.25) is 0 Å². The van der Waals surface area contributed by atoms with Gasteiger partial charge in [-0.05, 0) is 44.9 Å². The number of fused-ring (bicyclic) bond motifs is 1. The SMILES string of the molecule is COC1=C(Nc2ncc3c(n2)N(C2CCCC2)CC(C)(C)C(=O)N3C)C=CC(C(=O)NCc2ccccn2)C1C. The largest absolute Gasteiger partial charge is 0.499 e. The van der Waals surface area contributed by atoms with Gasteiger partial charge in [0.25, 0.3) is 0 Å². The van der Waals surface area contributed by atoms with Gasteiger partial charge in [-0.25, -0.2) is 4.98 Å². The maximum atomic E-state index is 13.3. The van der Waals surface area contributed by atoms with Gasteiger partial charge in [-0.2, -0.15) is 4.98 Å². The number of carbonyl (C=O) groups excluding carboxylic acids is 2. The van der Waals surface area contributed by atoms with Gasteiger partial charge in [-0.3, -0.25) is 14.6 Å². The number of pyridine rings is 1. The monoisotopic (exact) mass is 545 g/mol. The fourth-order valence-corrected chi connectivity index (χ4v) is 6.01. The van der Waals surface area contributed by atoms with Gasteiger partial charge in [0.2, 0.25) is 17.8 Å². The average molecular weight is 546 g/mol. The number of allylic oxidation sites excluding steroid dienone is 2. The van der Waals surface area contributed by atoms with E-state index in [0.717, 1.165) is 24.4 Å². The minimum atomic E-state index is -0.551. The van der Waals surface area contributed by atoms with Crippen LogP contribution in [0.15, 0.2) is 54.2 Å². The molecule has 2 amide bonds. The minimum absolute atomic E-state index is 0.0549. The van der Waals surface area contributed by atoms with E-state index < -0.39 is 11.3 Å². The van der Waals surface area contributed by atoms with Gasteiger partial charge in [-0.1, -0.05) is 31.9 Å². The van der Waals surface area contributed by atoms with Crippen LogP contribution in [0, 0.1) is 17.3 Å². The Labute approximate surface area is 235 Å². The van der Waals surface area contributed by atoms with Gasteiger partial charge in [-0.15, -0.1) is 0 Å². The molecule has 0 radical (unpaired) electrons. The quantitative estimate of drug-likeness (QED) is 0.536. The summed E-state index contributed by atoms with van der Waals surface area (Å²) in [5, 5.41) is 6.31. The molecule has 5 rings (SSSR count). The number of hydrogen-bond donors (Lipinski definition) is 2. The maximum Gasteiger partial charge on any atom is 0.234 e. The molecule has 3 aliphatic rings. The predicted molar refractivity (Wildman–Crippen MR) is 154 cm³/mol. The van der Waals surface area contributed by atoms with E-state index in [1.54, 1.807) is 31.5 Å². The smallest absolute Gasteiger partial charge is 0.234 e. The van der Waals surface area contributed by atoms with Gasteiger partial charge < -0.3 is 25.2 Å². The molecule has 2 N–H and O–H groups in total. The van der Waals surface area contributed by atoms with Crippen LogP contribution in [0.5, 0.6) is 0 Å². The van der Waals surface area contributed by atoms with E-state index in [0.29, 0.717) is 42.2 Å². The van der Waals surface area contributed by atoms with Crippen molar-refractivity contribution in [3.63, 3.8) is 0 Å². The van der Waals surface area contributed by atoms with E-state index in [-0.39, 0.29) is 17.7 Å². The summed E-state index contributed by atoms with van der Waals surface area (Å²) >= 11 is 0. The average Bonchev–Trinajstić information content (AvgIpc) is 3.47. The summed E-state index contributed by atoms with van der Waals surface area (Å²) in [6.45, 7) is 6.93. The highest BCUT2D eigenvalue weighted by molar-refractivity contribution is 6.00. The molecule has 2 aliphatic carbocycles. The molecule has 1 fully saturated rings. The van der Waals surface area contributed by atoms with E-state index >= 15 is 0 Å². The van der Waals surface area contributed by atoms with Crippen LogP contribution in [0.3, 0.4) is 0 Å². The molecule has 10 nitrogen and oxygen atoms in total. The molecule has 2 aromatic heterocycles. The van der Waals surface area contributed by atoms with Gasteiger partial charge >= 0.3 is 0 Å². The zero-order valence-electron chi connectivity index (χ0n) is 24.0. The lowest BCUT2D eigenvalue weighted by Crippen LogP contribution is -2.45. The predicted octanol–water partition coefficient (Wildman–Crippen LogP) is 4.03.